The second-order valence-electron chi connectivity index (χ2n) is 4.03. The van der Waals surface area contributed by atoms with Crippen LogP contribution >= 0.6 is 27.3 Å². The molecule has 19 heavy (non-hydrogen) atoms. The van der Waals surface area contributed by atoms with Crippen LogP contribution in [-0.2, 0) is 7.05 Å². The Morgan fingerprint density at radius 2 is 2.42 bits per heavy atom. The van der Waals surface area contributed by atoms with Crippen molar-refractivity contribution in [2.24, 2.45) is 7.05 Å². The van der Waals surface area contributed by atoms with E-state index < -0.39 is 0 Å². The summed E-state index contributed by atoms with van der Waals surface area (Å²) in [7, 11) is 1.60. The Kier molecular flexibility index (Phi) is 4.73. The van der Waals surface area contributed by atoms with Crippen molar-refractivity contribution in [3.63, 3.8) is 0 Å². The number of aliphatic hydroxyl groups is 1. The standard InChI is InChI=1S/C12H14BrN3O2S/c1-16-12(18)11(13)9(7-14-16)15-8(4-5-17)10-3-2-6-19-10/h2-3,6-8,15,17H,4-5H2,1H3. The maximum Gasteiger partial charge on any atom is 0.282 e. The average Bonchev–Trinajstić information content (AvgIpc) is 2.92. The van der Waals surface area contributed by atoms with E-state index in [2.05, 4.69) is 26.3 Å². The first-order chi connectivity index (χ1) is 9.13. The fourth-order valence-electron chi connectivity index (χ4n) is 1.70. The summed E-state index contributed by atoms with van der Waals surface area (Å²) in [5, 5.41) is 18.4. The lowest BCUT2D eigenvalue weighted by molar-refractivity contribution is 0.280. The topological polar surface area (TPSA) is 67.2 Å². The second kappa shape index (κ2) is 6.31. The summed E-state index contributed by atoms with van der Waals surface area (Å²) in [4.78, 5) is 12.9. The van der Waals surface area contributed by atoms with Crippen LogP contribution in [0.1, 0.15) is 17.3 Å². The van der Waals surface area contributed by atoms with E-state index in [4.69, 9.17) is 5.11 Å². The highest BCUT2D eigenvalue weighted by Crippen LogP contribution is 2.28. The summed E-state index contributed by atoms with van der Waals surface area (Å²) < 4.78 is 1.71. The highest BCUT2D eigenvalue weighted by atomic mass is 79.9. The fourth-order valence-corrected chi connectivity index (χ4v) is 2.99. The summed E-state index contributed by atoms with van der Waals surface area (Å²) in [5.74, 6) is 0. The van der Waals surface area contributed by atoms with Crippen molar-refractivity contribution < 1.29 is 5.11 Å². The predicted octanol–water partition coefficient (Wildman–Crippen LogP) is 2.14. The highest BCUT2D eigenvalue weighted by molar-refractivity contribution is 9.10. The molecule has 2 aromatic rings. The smallest absolute Gasteiger partial charge is 0.282 e. The molecule has 0 radical (unpaired) electrons. The minimum Gasteiger partial charge on any atom is -0.396 e. The quantitative estimate of drug-likeness (QED) is 0.872. The zero-order valence-corrected chi connectivity index (χ0v) is 12.7. The van der Waals surface area contributed by atoms with Crippen molar-refractivity contribution >= 4 is 33.0 Å². The van der Waals surface area contributed by atoms with Crippen molar-refractivity contribution in [3.05, 3.63) is 43.4 Å². The third kappa shape index (κ3) is 3.23. The first-order valence-electron chi connectivity index (χ1n) is 5.76. The predicted molar refractivity (Wildman–Crippen MR) is 79.6 cm³/mol. The number of thiophene rings is 1. The van der Waals surface area contributed by atoms with Gasteiger partial charge in [0.15, 0.2) is 0 Å². The van der Waals surface area contributed by atoms with Crippen LogP contribution in [0.5, 0.6) is 0 Å². The number of anilines is 1. The molecule has 0 aliphatic heterocycles. The zero-order chi connectivity index (χ0) is 13.8. The van der Waals surface area contributed by atoms with E-state index >= 15 is 0 Å². The minimum absolute atomic E-state index is 0.0322. The fraction of sp³-hybridized carbons (Fsp3) is 0.333. The average molecular weight is 344 g/mol. The molecule has 2 rings (SSSR count). The molecule has 1 atom stereocenters. The molecule has 0 aromatic carbocycles. The maximum atomic E-state index is 11.8. The van der Waals surface area contributed by atoms with Gasteiger partial charge in [-0.2, -0.15) is 5.10 Å². The number of aliphatic hydroxyl groups excluding tert-OH is 1. The summed E-state index contributed by atoms with van der Waals surface area (Å²) in [6.45, 7) is 0.0749. The summed E-state index contributed by atoms with van der Waals surface area (Å²) in [5.41, 5.74) is 0.439. The van der Waals surface area contributed by atoms with Crippen LogP contribution in [0.2, 0.25) is 0 Å². The maximum absolute atomic E-state index is 11.8. The minimum atomic E-state index is -0.195. The van der Waals surface area contributed by atoms with Crippen LogP contribution in [-0.4, -0.2) is 21.5 Å². The highest BCUT2D eigenvalue weighted by Gasteiger charge is 2.15. The van der Waals surface area contributed by atoms with E-state index in [9.17, 15) is 4.79 Å². The first kappa shape index (κ1) is 14.2. The molecular formula is C12H14BrN3O2S. The number of aryl methyl sites for hydroxylation is 1. The van der Waals surface area contributed by atoms with Crippen molar-refractivity contribution in [1.82, 2.24) is 9.78 Å². The van der Waals surface area contributed by atoms with Gasteiger partial charge < -0.3 is 10.4 Å². The Morgan fingerprint density at radius 1 is 1.63 bits per heavy atom. The van der Waals surface area contributed by atoms with Gasteiger partial charge in [0.2, 0.25) is 0 Å². The molecule has 1 unspecified atom stereocenters. The number of aromatic nitrogens is 2. The van der Waals surface area contributed by atoms with E-state index in [1.54, 1.807) is 24.6 Å². The Morgan fingerprint density at radius 3 is 3.05 bits per heavy atom. The van der Waals surface area contributed by atoms with Crippen LogP contribution in [0.15, 0.2) is 33.0 Å². The molecule has 0 saturated heterocycles. The van der Waals surface area contributed by atoms with Gasteiger partial charge in [0.05, 0.1) is 17.9 Å². The molecule has 2 aromatic heterocycles. The third-order valence-corrected chi connectivity index (χ3v) is 4.46. The lowest BCUT2D eigenvalue weighted by Crippen LogP contribution is -2.22. The van der Waals surface area contributed by atoms with Gasteiger partial charge in [0.25, 0.3) is 5.56 Å². The molecule has 5 nitrogen and oxygen atoms in total. The summed E-state index contributed by atoms with van der Waals surface area (Å²) in [6, 6.07) is 3.93. The number of rotatable bonds is 5. The first-order valence-corrected chi connectivity index (χ1v) is 7.43. The van der Waals surface area contributed by atoms with Gasteiger partial charge in [-0.25, -0.2) is 4.68 Å². The Bertz CT molecular complexity index is 598. The van der Waals surface area contributed by atoms with E-state index in [0.29, 0.717) is 16.6 Å². The third-order valence-electron chi connectivity index (χ3n) is 2.71. The molecular weight excluding hydrogens is 330 g/mol. The Labute approximate surface area is 123 Å². The second-order valence-corrected chi connectivity index (χ2v) is 5.80. The summed E-state index contributed by atoms with van der Waals surface area (Å²) in [6.07, 6.45) is 2.17. The van der Waals surface area contributed by atoms with Gasteiger partial charge in [-0.05, 0) is 33.8 Å². The largest absolute Gasteiger partial charge is 0.396 e. The van der Waals surface area contributed by atoms with Crippen LogP contribution < -0.4 is 10.9 Å². The van der Waals surface area contributed by atoms with Gasteiger partial charge in [-0.1, -0.05) is 6.07 Å². The zero-order valence-electron chi connectivity index (χ0n) is 10.3. The van der Waals surface area contributed by atoms with Crippen LogP contribution in [0.4, 0.5) is 5.69 Å². The van der Waals surface area contributed by atoms with E-state index in [0.717, 1.165) is 4.88 Å². The molecule has 0 bridgehead atoms. The van der Waals surface area contributed by atoms with Gasteiger partial charge in [-0.15, -0.1) is 11.3 Å². The van der Waals surface area contributed by atoms with Crippen molar-refractivity contribution in [3.8, 4) is 0 Å². The molecule has 7 heteroatoms. The van der Waals surface area contributed by atoms with Crippen LogP contribution in [0, 0.1) is 0 Å². The molecule has 0 spiro atoms. The van der Waals surface area contributed by atoms with Crippen molar-refractivity contribution in [2.45, 2.75) is 12.5 Å². The lowest BCUT2D eigenvalue weighted by Gasteiger charge is -2.18. The van der Waals surface area contributed by atoms with Gasteiger partial charge in [0, 0.05) is 18.5 Å². The van der Waals surface area contributed by atoms with E-state index in [1.807, 2.05) is 17.5 Å². The molecule has 2 N–H and O–H groups in total. The SMILES string of the molecule is Cn1ncc(NC(CCO)c2cccs2)c(Br)c1=O. The Hall–Kier alpha value is -1.18. The monoisotopic (exact) mass is 343 g/mol. The lowest BCUT2D eigenvalue weighted by atomic mass is 10.1. The van der Waals surface area contributed by atoms with Gasteiger partial charge in [0.1, 0.15) is 4.47 Å². The van der Waals surface area contributed by atoms with Crippen LogP contribution in [0.25, 0.3) is 0 Å². The van der Waals surface area contributed by atoms with Gasteiger partial charge >= 0.3 is 0 Å². The molecule has 2 heterocycles. The number of halogens is 1. The molecule has 0 saturated carbocycles. The van der Waals surface area contributed by atoms with E-state index in [-0.39, 0.29) is 18.2 Å². The molecule has 102 valence electrons. The number of hydrogen-bond donors (Lipinski definition) is 2. The summed E-state index contributed by atoms with van der Waals surface area (Å²) >= 11 is 4.89. The number of nitrogens with one attached hydrogen (secondary N) is 1. The van der Waals surface area contributed by atoms with Crippen LogP contribution in [0.3, 0.4) is 0 Å². The molecule has 0 amide bonds. The number of hydrogen-bond acceptors (Lipinski definition) is 5. The number of nitrogens with zero attached hydrogens (tertiary/aromatic N) is 2. The Balaban J connectivity index is 2.27. The molecule has 0 aliphatic rings. The van der Waals surface area contributed by atoms with Gasteiger partial charge in [-0.3, -0.25) is 4.79 Å². The molecule has 0 aliphatic carbocycles. The van der Waals surface area contributed by atoms with Crippen molar-refractivity contribution in [2.75, 3.05) is 11.9 Å². The normalized spacial score (nSPS) is 12.4. The molecule has 0 fully saturated rings. The van der Waals surface area contributed by atoms with E-state index in [1.165, 1.54) is 4.68 Å². The van der Waals surface area contributed by atoms with Crippen molar-refractivity contribution in [1.29, 1.82) is 0 Å².